The molecule has 2 aliphatic rings. The van der Waals surface area contributed by atoms with Crippen LogP contribution in [0.15, 0.2) is 82.3 Å². The summed E-state index contributed by atoms with van der Waals surface area (Å²) in [6.07, 6.45) is 11.5. The predicted octanol–water partition coefficient (Wildman–Crippen LogP) is 5.36. The Balaban J connectivity index is 1.71. The predicted molar refractivity (Wildman–Crippen MR) is 243 cm³/mol. The molecule has 2 heterocycles. The second kappa shape index (κ2) is 24.2. The van der Waals surface area contributed by atoms with Crippen molar-refractivity contribution in [2.75, 3.05) is 90.8 Å². The Bertz CT molecular complexity index is 2420. The molecular formula is C44H63N2O16S3+. The molecule has 0 bridgehead atoms. The van der Waals surface area contributed by atoms with E-state index < -0.39 is 52.9 Å². The number of aliphatic carboxylic acids is 1. The van der Waals surface area contributed by atoms with Crippen LogP contribution < -0.4 is 4.90 Å². The van der Waals surface area contributed by atoms with Crippen LogP contribution in [0.4, 0.5) is 11.4 Å². The van der Waals surface area contributed by atoms with E-state index >= 15 is 0 Å². The number of methoxy groups -OCH3 is 2. The van der Waals surface area contributed by atoms with Crippen LogP contribution in [0.3, 0.4) is 0 Å². The number of hydrogen-bond donors (Lipinski definition) is 4. The number of fused-ring (bicyclic) bond motifs is 2. The zero-order valence-electron chi connectivity index (χ0n) is 37.4. The monoisotopic (exact) mass is 971 g/mol. The first-order valence-electron chi connectivity index (χ1n) is 21.3. The van der Waals surface area contributed by atoms with E-state index in [2.05, 4.69) is 4.90 Å². The molecule has 2 unspecified atom stereocenters. The van der Waals surface area contributed by atoms with E-state index in [1.165, 1.54) is 31.4 Å². The van der Waals surface area contributed by atoms with E-state index in [9.17, 15) is 48.8 Å². The van der Waals surface area contributed by atoms with Gasteiger partial charge in [-0.2, -0.15) is 29.8 Å². The maximum absolute atomic E-state index is 12.4. The van der Waals surface area contributed by atoms with Crippen LogP contribution in [0.25, 0.3) is 0 Å². The summed E-state index contributed by atoms with van der Waals surface area (Å²) in [5, 5.41) is 9.20. The topological polar surface area (TPSA) is 253 Å². The van der Waals surface area contributed by atoms with Gasteiger partial charge >= 0.3 is 5.97 Å². The summed E-state index contributed by atoms with van der Waals surface area (Å²) in [7, 11) is -10.3. The smallest absolute Gasteiger partial charge is 0.303 e. The molecule has 0 fully saturated rings. The quantitative estimate of drug-likeness (QED) is 0.0333. The third-order valence-corrected chi connectivity index (χ3v) is 14.0. The van der Waals surface area contributed by atoms with Crippen LogP contribution in [0, 0.1) is 0 Å². The minimum absolute atomic E-state index is 0.0277. The molecule has 18 nitrogen and oxygen atoms in total. The van der Waals surface area contributed by atoms with Crippen molar-refractivity contribution in [2.24, 2.45) is 0 Å². The SMILES string of the molecule is COCCOCCOCCOCCC1(C)\C(=C/C=C/C=C/C2=[N+](CCOC)c3ccc(S(=O)(=O)O)cc3C2(C)CCCS(=O)(=O)O)N(CCCCCC(=O)O)c2ccc(S(=O)(=O)O)cc21. The summed E-state index contributed by atoms with van der Waals surface area (Å²) >= 11 is 0. The zero-order valence-corrected chi connectivity index (χ0v) is 39.8. The Morgan fingerprint density at radius 3 is 1.89 bits per heavy atom. The Hall–Kier alpha value is -3.87. The molecule has 0 aliphatic carbocycles. The second-order valence-electron chi connectivity index (χ2n) is 16.1. The highest BCUT2D eigenvalue weighted by atomic mass is 32.2. The molecule has 65 heavy (non-hydrogen) atoms. The fraction of sp³-hybridized carbons (Fsp3) is 0.545. The van der Waals surface area contributed by atoms with E-state index in [0.717, 1.165) is 11.4 Å². The van der Waals surface area contributed by atoms with E-state index in [-0.39, 0.29) is 42.3 Å². The third kappa shape index (κ3) is 15.1. The van der Waals surface area contributed by atoms with Crippen LogP contribution in [0.1, 0.15) is 69.9 Å². The summed E-state index contributed by atoms with van der Waals surface area (Å²) in [4.78, 5) is 12.7. The van der Waals surface area contributed by atoms with E-state index in [1.54, 1.807) is 31.4 Å². The zero-order chi connectivity index (χ0) is 47.9. The lowest BCUT2D eigenvalue weighted by Gasteiger charge is -2.30. The van der Waals surface area contributed by atoms with E-state index in [0.29, 0.717) is 101 Å². The first kappa shape index (κ1) is 53.7. The van der Waals surface area contributed by atoms with Crippen molar-refractivity contribution in [1.82, 2.24) is 0 Å². The van der Waals surface area contributed by atoms with Crippen molar-refractivity contribution in [3.05, 3.63) is 83.6 Å². The molecule has 2 aromatic carbocycles. The summed E-state index contributed by atoms with van der Waals surface area (Å²) in [5.41, 5.74) is 2.22. The van der Waals surface area contributed by atoms with Gasteiger partial charge in [0.2, 0.25) is 5.69 Å². The number of benzene rings is 2. The molecule has 0 saturated heterocycles. The number of hydrogen-bond acceptors (Lipinski definition) is 13. The van der Waals surface area contributed by atoms with Crippen LogP contribution in [-0.4, -0.2) is 146 Å². The van der Waals surface area contributed by atoms with Crippen LogP contribution >= 0.6 is 0 Å². The standard InChI is InChI=1S/C44H62N2O16S3/c1-43(19-11-31-63(49,50)51)36-32-34(64(52,53)54)16-18-39(36)46(22-24-58-3)40(43)12-7-5-8-13-41-44(2,20-23-60-27-28-62-30-29-61-26-25-59-4)37-33-35(65(55,56)57)15-17-38(37)45(41)21-10-6-9-14-42(47)48/h5,7-8,12-13,15-18,32-33H,6,9-11,14,19-31H2,1-4H3,(H3-,47,48,49,50,51,52,53,54,55,56,57)/p+1. The van der Waals surface area contributed by atoms with Crippen molar-refractivity contribution in [2.45, 2.75) is 79.4 Å². The van der Waals surface area contributed by atoms with Gasteiger partial charge in [0.05, 0.1) is 60.6 Å². The first-order chi connectivity index (χ1) is 30.7. The maximum Gasteiger partial charge on any atom is 0.303 e. The maximum atomic E-state index is 12.4. The molecule has 2 aromatic rings. The molecule has 0 aromatic heterocycles. The van der Waals surface area contributed by atoms with Gasteiger partial charge in [0, 0.05) is 68.3 Å². The van der Waals surface area contributed by atoms with Gasteiger partial charge in [0.1, 0.15) is 6.61 Å². The molecule has 2 atom stereocenters. The summed E-state index contributed by atoms with van der Waals surface area (Å²) in [5.74, 6) is -1.41. The fourth-order valence-corrected chi connectivity index (χ4v) is 9.75. The fourth-order valence-electron chi connectivity index (χ4n) is 8.22. The number of carboxylic acid groups (broad SMARTS) is 1. The molecule has 0 amide bonds. The van der Waals surface area contributed by atoms with Crippen LogP contribution in [0.2, 0.25) is 0 Å². The first-order valence-corrected chi connectivity index (χ1v) is 25.8. The van der Waals surface area contributed by atoms with Crippen LogP contribution in [0.5, 0.6) is 0 Å². The van der Waals surface area contributed by atoms with Gasteiger partial charge in [-0.25, -0.2) is 0 Å². The van der Waals surface area contributed by atoms with Gasteiger partial charge in [0.25, 0.3) is 30.4 Å². The number of rotatable bonds is 30. The molecule has 362 valence electrons. The Morgan fingerprint density at radius 1 is 0.692 bits per heavy atom. The van der Waals surface area contributed by atoms with Crippen molar-refractivity contribution in [3.63, 3.8) is 0 Å². The van der Waals surface area contributed by atoms with Gasteiger partial charge in [-0.05, 0) is 87.9 Å². The number of anilines is 1. The lowest BCUT2D eigenvalue weighted by Crippen LogP contribution is -2.32. The number of carbonyl (C=O) groups is 1. The third-order valence-electron chi connectivity index (χ3n) is 11.5. The normalized spacial score (nSPS) is 19.6. The minimum atomic E-state index is -4.59. The number of ether oxygens (including phenoxy) is 5. The van der Waals surface area contributed by atoms with E-state index in [4.69, 9.17) is 23.7 Å². The highest BCUT2D eigenvalue weighted by molar-refractivity contribution is 7.86. The summed E-state index contributed by atoms with van der Waals surface area (Å²) in [6.45, 7) is 7.52. The lowest BCUT2D eigenvalue weighted by molar-refractivity contribution is -0.441. The van der Waals surface area contributed by atoms with Crippen molar-refractivity contribution in [1.29, 1.82) is 0 Å². The van der Waals surface area contributed by atoms with Crippen molar-refractivity contribution < 1.29 is 77.1 Å². The molecular weight excluding hydrogens is 909 g/mol. The van der Waals surface area contributed by atoms with Gasteiger partial charge in [-0.3, -0.25) is 18.5 Å². The molecule has 4 N–H and O–H groups in total. The summed E-state index contributed by atoms with van der Waals surface area (Å²) < 4.78 is 132. The highest BCUT2D eigenvalue weighted by Gasteiger charge is 2.48. The van der Waals surface area contributed by atoms with E-state index in [1.807, 2.05) is 36.7 Å². The minimum Gasteiger partial charge on any atom is -0.481 e. The average Bonchev–Trinajstić information content (AvgIpc) is 3.60. The second-order valence-corrected chi connectivity index (χ2v) is 20.5. The van der Waals surface area contributed by atoms with Gasteiger partial charge < -0.3 is 33.7 Å². The van der Waals surface area contributed by atoms with Gasteiger partial charge in [-0.15, -0.1) is 0 Å². The Kier molecular flexibility index (Phi) is 20.0. The molecule has 0 saturated carbocycles. The molecule has 4 rings (SSSR count). The number of unbranched alkanes of at least 4 members (excludes halogenated alkanes) is 2. The van der Waals surface area contributed by atoms with Crippen molar-refractivity contribution in [3.8, 4) is 0 Å². The molecule has 0 radical (unpaired) electrons. The number of nitrogens with zero attached hydrogens (tertiary/aromatic N) is 2. The summed E-state index contributed by atoms with van der Waals surface area (Å²) in [6, 6.07) is 8.72. The number of allylic oxidation sites excluding steroid dienone is 6. The molecule has 0 spiro atoms. The molecule has 21 heteroatoms. The van der Waals surface area contributed by atoms with Gasteiger partial charge in [-0.1, -0.05) is 24.6 Å². The van der Waals surface area contributed by atoms with Crippen molar-refractivity contribution >= 4 is 53.4 Å². The number of carboxylic acids is 1. The van der Waals surface area contributed by atoms with Crippen LogP contribution in [-0.2, 0) is 69.7 Å². The largest absolute Gasteiger partial charge is 0.481 e. The molecule has 2 aliphatic heterocycles. The van der Waals surface area contributed by atoms with Gasteiger partial charge in [0.15, 0.2) is 12.3 Å². The average molecular weight is 972 g/mol. The Morgan fingerprint density at radius 2 is 1.29 bits per heavy atom. The Labute approximate surface area is 382 Å². The highest BCUT2D eigenvalue weighted by Crippen LogP contribution is 2.51. The lowest BCUT2D eigenvalue weighted by atomic mass is 9.76.